The molecule has 0 atom stereocenters. The van der Waals surface area contributed by atoms with Crippen LogP contribution in [0.15, 0.2) is 30.5 Å². The van der Waals surface area contributed by atoms with Crippen LogP contribution in [0.25, 0.3) is 5.69 Å². The van der Waals surface area contributed by atoms with E-state index >= 15 is 0 Å². The second kappa shape index (κ2) is 8.56. The van der Waals surface area contributed by atoms with Gasteiger partial charge in [-0.15, -0.1) is 0 Å². The fourth-order valence-corrected chi connectivity index (χ4v) is 2.35. The van der Waals surface area contributed by atoms with Crippen molar-refractivity contribution in [2.45, 2.75) is 25.4 Å². The Balaban J connectivity index is 2.07. The van der Waals surface area contributed by atoms with E-state index in [1.54, 1.807) is 0 Å². The fraction of sp³-hybridized carbons (Fsp3) is 0.353. The predicted octanol–water partition coefficient (Wildman–Crippen LogP) is 2.67. The predicted molar refractivity (Wildman–Crippen MR) is 88.4 cm³/mol. The summed E-state index contributed by atoms with van der Waals surface area (Å²) in [6.45, 7) is 0.210. The summed E-state index contributed by atoms with van der Waals surface area (Å²) in [5.74, 6) is -1.63. The van der Waals surface area contributed by atoms with Crippen LogP contribution in [-0.4, -0.2) is 40.4 Å². The van der Waals surface area contributed by atoms with Gasteiger partial charge < -0.3 is 15.2 Å². The number of nitrogens with one attached hydrogen (secondary N) is 1. The van der Waals surface area contributed by atoms with E-state index in [0.29, 0.717) is 12.8 Å². The molecule has 0 aliphatic heterocycles. The summed E-state index contributed by atoms with van der Waals surface area (Å²) >= 11 is 0. The molecular weight excluding hydrogens is 367 g/mol. The molecule has 0 fully saturated rings. The van der Waals surface area contributed by atoms with Crippen molar-refractivity contribution >= 4 is 11.9 Å². The molecule has 7 nitrogen and oxygen atoms in total. The number of benzene rings is 1. The lowest BCUT2D eigenvalue weighted by molar-refractivity contribution is -0.140. The number of ether oxygens (including phenoxy) is 1. The third-order valence-electron chi connectivity index (χ3n) is 3.69. The summed E-state index contributed by atoms with van der Waals surface area (Å²) in [6, 6.07) is 4.70. The number of aromatic nitrogens is 2. The topological polar surface area (TPSA) is 93.5 Å². The number of aromatic hydroxyl groups is 1. The number of rotatable bonds is 7. The molecule has 10 heteroatoms. The summed E-state index contributed by atoms with van der Waals surface area (Å²) in [7, 11) is 1.28. The van der Waals surface area contributed by atoms with E-state index in [1.165, 1.54) is 25.3 Å². The van der Waals surface area contributed by atoms with Crippen LogP contribution in [0.3, 0.4) is 0 Å². The first kappa shape index (κ1) is 20.3. The average molecular weight is 385 g/mol. The molecular formula is C17H18F3N3O4. The summed E-state index contributed by atoms with van der Waals surface area (Å²) in [6.07, 6.45) is -2.48. The van der Waals surface area contributed by atoms with Crippen molar-refractivity contribution in [2.24, 2.45) is 0 Å². The smallest absolute Gasteiger partial charge is 0.418 e. The van der Waals surface area contributed by atoms with Gasteiger partial charge in [0.05, 0.1) is 24.6 Å². The molecule has 0 bridgehead atoms. The van der Waals surface area contributed by atoms with Gasteiger partial charge in [-0.25, -0.2) is 4.68 Å². The highest BCUT2D eigenvalue weighted by molar-refractivity contribution is 5.94. The van der Waals surface area contributed by atoms with Crippen molar-refractivity contribution in [3.8, 4) is 11.4 Å². The Labute approximate surface area is 152 Å². The Morgan fingerprint density at radius 1 is 1.26 bits per heavy atom. The van der Waals surface area contributed by atoms with Crippen LogP contribution in [0.2, 0.25) is 0 Å². The first-order valence-corrected chi connectivity index (χ1v) is 8.04. The Kier molecular flexibility index (Phi) is 6.43. The van der Waals surface area contributed by atoms with Gasteiger partial charge in [-0.1, -0.05) is 12.1 Å². The van der Waals surface area contributed by atoms with E-state index < -0.39 is 23.4 Å². The largest absolute Gasteiger partial charge is 0.504 e. The van der Waals surface area contributed by atoms with Crippen molar-refractivity contribution in [3.05, 3.63) is 41.7 Å². The van der Waals surface area contributed by atoms with E-state index in [-0.39, 0.29) is 30.3 Å². The molecule has 2 rings (SSSR count). The summed E-state index contributed by atoms with van der Waals surface area (Å²) in [5.41, 5.74) is -1.64. The van der Waals surface area contributed by atoms with Gasteiger partial charge in [0, 0.05) is 13.0 Å². The van der Waals surface area contributed by atoms with Crippen LogP contribution in [0, 0.1) is 0 Å². The third kappa shape index (κ3) is 5.22. The summed E-state index contributed by atoms with van der Waals surface area (Å²) in [5, 5.41) is 16.1. The number of esters is 1. The molecule has 0 saturated heterocycles. The minimum absolute atomic E-state index is 0.209. The van der Waals surface area contributed by atoms with Crippen molar-refractivity contribution < 1.29 is 32.6 Å². The molecule has 0 radical (unpaired) electrons. The van der Waals surface area contributed by atoms with Crippen molar-refractivity contribution in [1.29, 1.82) is 0 Å². The van der Waals surface area contributed by atoms with Crippen molar-refractivity contribution in [2.75, 3.05) is 13.7 Å². The van der Waals surface area contributed by atoms with Crippen LogP contribution in [0.1, 0.15) is 35.3 Å². The summed E-state index contributed by atoms with van der Waals surface area (Å²) < 4.78 is 44.6. The maximum Gasteiger partial charge on any atom is 0.418 e. The van der Waals surface area contributed by atoms with Gasteiger partial charge in [-0.2, -0.15) is 18.3 Å². The molecule has 1 aromatic carbocycles. The third-order valence-corrected chi connectivity index (χ3v) is 3.69. The monoisotopic (exact) mass is 385 g/mol. The van der Waals surface area contributed by atoms with Gasteiger partial charge in [-0.3, -0.25) is 9.59 Å². The van der Waals surface area contributed by atoms with Gasteiger partial charge in [0.2, 0.25) is 0 Å². The number of carbonyl (C=O) groups is 2. The maximum atomic E-state index is 13.1. The maximum absolute atomic E-state index is 13.1. The lowest BCUT2D eigenvalue weighted by atomic mass is 10.2. The number of nitrogens with zero attached hydrogens (tertiary/aromatic N) is 2. The highest BCUT2D eigenvalue weighted by atomic mass is 19.4. The zero-order chi connectivity index (χ0) is 20.0. The van der Waals surface area contributed by atoms with E-state index in [2.05, 4.69) is 15.2 Å². The number of halogens is 3. The minimum Gasteiger partial charge on any atom is -0.504 e. The normalized spacial score (nSPS) is 11.3. The first-order chi connectivity index (χ1) is 12.7. The van der Waals surface area contributed by atoms with E-state index in [0.717, 1.165) is 16.9 Å². The van der Waals surface area contributed by atoms with Gasteiger partial charge in [0.15, 0.2) is 11.4 Å². The molecule has 0 unspecified atom stereocenters. The molecule has 0 saturated carbocycles. The molecule has 0 aliphatic rings. The van der Waals surface area contributed by atoms with Gasteiger partial charge in [0.1, 0.15) is 0 Å². The van der Waals surface area contributed by atoms with Crippen LogP contribution in [0.5, 0.6) is 5.75 Å². The second-order valence-corrected chi connectivity index (χ2v) is 5.61. The van der Waals surface area contributed by atoms with Crippen LogP contribution < -0.4 is 5.32 Å². The Bertz CT molecular complexity index is 818. The van der Waals surface area contributed by atoms with Crippen molar-refractivity contribution in [3.63, 3.8) is 0 Å². The number of carbonyl (C=O) groups excluding carboxylic acids is 2. The number of unbranched alkanes of at least 4 members (excludes halogenated alkanes) is 1. The number of para-hydroxylation sites is 1. The lowest BCUT2D eigenvalue weighted by Crippen LogP contribution is -2.25. The minimum atomic E-state index is -4.61. The van der Waals surface area contributed by atoms with Crippen LogP contribution >= 0.6 is 0 Å². The zero-order valence-electron chi connectivity index (χ0n) is 14.4. The molecule has 0 aliphatic carbocycles. The molecule has 146 valence electrons. The van der Waals surface area contributed by atoms with E-state index in [4.69, 9.17) is 0 Å². The fourth-order valence-electron chi connectivity index (χ4n) is 2.35. The molecule has 2 N–H and O–H groups in total. The van der Waals surface area contributed by atoms with Crippen LogP contribution in [-0.2, 0) is 15.7 Å². The van der Waals surface area contributed by atoms with Gasteiger partial charge in [0.25, 0.3) is 5.91 Å². The molecule has 0 spiro atoms. The Morgan fingerprint density at radius 2 is 1.96 bits per heavy atom. The first-order valence-electron chi connectivity index (χ1n) is 8.04. The number of amides is 1. The number of methoxy groups -OCH3 is 1. The SMILES string of the molecule is COC(=O)CCCCNC(=O)c1nn(-c2ccccc2C(F)(F)F)cc1O. The van der Waals surface area contributed by atoms with Crippen molar-refractivity contribution in [1.82, 2.24) is 15.1 Å². The van der Waals surface area contributed by atoms with Crippen LogP contribution in [0.4, 0.5) is 13.2 Å². The van der Waals surface area contributed by atoms with Gasteiger partial charge >= 0.3 is 12.1 Å². The highest BCUT2D eigenvalue weighted by Crippen LogP contribution is 2.34. The molecule has 1 aromatic heterocycles. The average Bonchev–Trinajstić information content (AvgIpc) is 3.02. The Hall–Kier alpha value is -3.04. The number of hydrogen-bond acceptors (Lipinski definition) is 5. The van der Waals surface area contributed by atoms with Gasteiger partial charge in [-0.05, 0) is 25.0 Å². The molecule has 1 amide bonds. The zero-order valence-corrected chi connectivity index (χ0v) is 14.4. The lowest BCUT2D eigenvalue weighted by Gasteiger charge is -2.12. The Morgan fingerprint density at radius 3 is 2.63 bits per heavy atom. The number of alkyl halides is 3. The van der Waals surface area contributed by atoms with E-state index in [1.807, 2.05) is 0 Å². The standard InChI is InChI=1S/C17H18F3N3O4/c1-27-14(25)8-4-5-9-21-16(26)15-13(24)10-23(22-15)12-7-3-2-6-11(12)17(18,19)20/h2-3,6-7,10,24H,4-5,8-9H2,1H3,(H,21,26). The molecule has 27 heavy (non-hydrogen) atoms. The quantitative estimate of drug-likeness (QED) is 0.565. The molecule has 2 aromatic rings. The molecule has 1 heterocycles. The number of hydrogen-bond donors (Lipinski definition) is 2. The summed E-state index contributed by atoms with van der Waals surface area (Å²) in [4.78, 5) is 23.1. The van der Waals surface area contributed by atoms with E-state index in [9.17, 15) is 27.9 Å². The second-order valence-electron chi connectivity index (χ2n) is 5.61. The highest BCUT2D eigenvalue weighted by Gasteiger charge is 2.34.